The van der Waals surface area contributed by atoms with Gasteiger partial charge in [-0.25, -0.2) is 14.8 Å². The van der Waals surface area contributed by atoms with Gasteiger partial charge in [-0.3, -0.25) is 9.69 Å². The average Bonchev–Trinajstić information content (AvgIpc) is 3.37. The van der Waals surface area contributed by atoms with Crippen LogP contribution in [0, 0.1) is 0 Å². The number of aromatic nitrogens is 2. The Balaban J connectivity index is 2.02. The smallest absolute Gasteiger partial charge is 0.355 e. The molecule has 25 heavy (non-hydrogen) atoms. The van der Waals surface area contributed by atoms with Crippen molar-refractivity contribution in [3.8, 4) is 16.9 Å². The van der Waals surface area contributed by atoms with E-state index in [2.05, 4.69) is 9.97 Å². The van der Waals surface area contributed by atoms with Crippen LogP contribution in [0.3, 0.4) is 0 Å². The lowest BCUT2D eigenvalue weighted by molar-refractivity contribution is -0.119. The van der Waals surface area contributed by atoms with E-state index in [0.717, 1.165) is 18.4 Å². The molecular weight excluding hydrogens is 346 g/mol. The molecule has 0 saturated heterocycles. The van der Waals surface area contributed by atoms with Crippen LogP contribution in [0.1, 0.15) is 28.9 Å². The van der Waals surface area contributed by atoms with E-state index >= 15 is 0 Å². The minimum atomic E-state index is -1.19. The molecule has 0 unspecified atom stereocenters. The van der Waals surface area contributed by atoms with Gasteiger partial charge in [0.2, 0.25) is 5.91 Å². The predicted octanol–water partition coefficient (Wildman–Crippen LogP) is 2.51. The summed E-state index contributed by atoms with van der Waals surface area (Å²) in [5.41, 5.74) is 0.883. The zero-order chi connectivity index (χ0) is 17.9. The molecular formula is C17H14ClN3O4. The topological polar surface area (TPSA) is 92.6 Å². The van der Waals surface area contributed by atoms with Crippen LogP contribution in [0.2, 0.25) is 5.15 Å². The summed E-state index contributed by atoms with van der Waals surface area (Å²) in [6, 6.07) is 3.27. The molecule has 0 radical (unpaired) electrons. The predicted molar refractivity (Wildman–Crippen MR) is 90.3 cm³/mol. The van der Waals surface area contributed by atoms with E-state index in [1.165, 1.54) is 24.3 Å². The van der Waals surface area contributed by atoms with Crippen molar-refractivity contribution < 1.29 is 19.4 Å². The maximum Gasteiger partial charge on any atom is 0.355 e. The van der Waals surface area contributed by atoms with Crippen molar-refractivity contribution in [2.75, 3.05) is 19.1 Å². The second kappa shape index (κ2) is 5.16. The third kappa shape index (κ3) is 2.12. The lowest BCUT2D eigenvalue weighted by Gasteiger charge is -2.14. The monoisotopic (exact) mass is 359 g/mol. The number of amides is 1. The van der Waals surface area contributed by atoms with Gasteiger partial charge in [-0.1, -0.05) is 11.6 Å². The highest BCUT2D eigenvalue weighted by atomic mass is 35.5. The van der Waals surface area contributed by atoms with Crippen molar-refractivity contribution in [3.63, 3.8) is 0 Å². The van der Waals surface area contributed by atoms with Crippen LogP contribution in [-0.2, 0) is 10.2 Å². The van der Waals surface area contributed by atoms with E-state index in [4.69, 9.17) is 16.3 Å². The molecule has 2 aromatic rings. The van der Waals surface area contributed by atoms with Crippen molar-refractivity contribution in [1.82, 2.24) is 9.97 Å². The Morgan fingerprint density at radius 1 is 1.36 bits per heavy atom. The molecule has 1 saturated carbocycles. The van der Waals surface area contributed by atoms with Crippen LogP contribution < -0.4 is 9.64 Å². The fraction of sp³-hybridized carbons (Fsp3) is 0.294. The van der Waals surface area contributed by atoms with Gasteiger partial charge >= 0.3 is 5.97 Å². The lowest BCUT2D eigenvalue weighted by atomic mass is 9.94. The molecule has 0 aromatic carbocycles. The minimum Gasteiger partial charge on any atom is -0.494 e. The molecule has 1 fully saturated rings. The van der Waals surface area contributed by atoms with Gasteiger partial charge in [-0.05, 0) is 25.0 Å². The Morgan fingerprint density at radius 3 is 2.68 bits per heavy atom. The largest absolute Gasteiger partial charge is 0.494 e. The zero-order valence-corrected chi connectivity index (χ0v) is 14.3. The highest BCUT2D eigenvalue weighted by molar-refractivity contribution is 6.29. The molecule has 1 aliphatic heterocycles. The number of fused-ring (bicyclic) bond motifs is 2. The number of aromatic carboxylic acids is 1. The molecule has 7 nitrogen and oxygen atoms in total. The van der Waals surface area contributed by atoms with Gasteiger partial charge in [0.15, 0.2) is 5.69 Å². The molecule has 128 valence electrons. The maximum absolute atomic E-state index is 12.5. The number of hydrogen-bond donors (Lipinski definition) is 1. The molecule has 2 aliphatic rings. The Morgan fingerprint density at radius 2 is 2.08 bits per heavy atom. The van der Waals surface area contributed by atoms with Crippen molar-refractivity contribution in [3.05, 3.63) is 34.7 Å². The summed E-state index contributed by atoms with van der Waals surface area (Å²) in [5.74, 6) is -0.437. The Bertz CT molecular complexity index is 940. The normalized spacial score (nSPS) is 16.9. The van der Waals surface area contributed by atoms with Gasteiger partial charge in [0.05, 0.1) is 18.7 Å². The van der Waals surface area contributed by atoms with E-state index in [1.54, 1.807) is 13.1 Å². The van der Waals surface area contributed by atoms with Crippen LogP contribution in [0.4, 0.5) is 5.82 Å². The number of pyridine rings is 2. The standard InChI is InChI=1S/C17H14ClN3O4/c1-21-14-10(17(3-4-17)16(21)24)5-9(13(20-14)15(22)23)8-6-12(18)19-7-11(8)25-2/h5-7H,3-4H2,1-2H3,(H,22,23). The highest BCUT2D eigenvalue weighted by Crippen LogP contribution is 2.57. The maximum atomic E-state index is 12.5. The number of carbonyl (C=O) groups excluding carboxylic acids is 1. The summed E-state index contributed by atoms with van der Waals surface area (Å²) in [6.07, 6.45) is 2.91. The van der Waals surface area contributed by atoms with E-state index in [9.17, 15) is 14.7 Å². The molecule has 1 N–H and O–H groups in total. The Kier molecular flexibility index (Phi) is 3.27. The highest BCUT2D eigenvalue weighted by Gasteiger charge is 2.59. The number of halogens is 1. The third-order valence-electron chi connectivity index (χ3n) is 4.85. The molecule has 8 heteroatoms. The summed E-state index contributed by atoms with van der Waals surface area (Å²) in [5, 5.41) is 9.84. The fourth-order valence-electron chi connectivity index (χ4n) is 3.41. The summed E-state index contributed by atoms with van der Waals surface area (Å²) in [7, 11) is 3.09. The first-order chi connectivity index (χ1) is 11.9. The number of hydrogen-bond acceptors (Lipinski definition) is 5. The second-order valence-corrected chi connectivity index (χ2v) is 6.60. The summed E-state index contributed by atoms with van der Waals surface area (Å²) < 4.78 is 5.30. The number of carboxylic acids is 1. The van der Waals surface area contributed by atoms with E-state index in [1.807, 2.05) is 0 Å². The number of nitrogens with zero attached hydrogens (tertiary/aromatic N) is 3. The summed E-state index contributed by atoms with van der Waals surface area (Å²) in [4.78, 5) is 34.0. The molecule has 1 aliphatic carbocycles. The van der Waals surface area contributed by atoms with Crippen LogP contribution in [0.25, 0.3) is 11.1 Å². The molecule has 4 rings (SSSR count). The number of anilines is 1. The number of carbonyl (C=O) groups is 2. The average molecular weight is 360 g/mol. The lowest BCUT2D eigenvalue weighted by Crippen LogP contribution is -2.28. The second-order valence-electron chi connectivity index (χ2n) is 6.21. The van der Waals surface area contributed by atoms with Gasteiger partial charge < -0.3 is 9.84 Å². The Labute approximate surface area is 148 Å². The van der Waals surface area contributed by atoms with Gasteiger partial charge in [0, 0.05) is 23.7 Å². The number of rotatable bonds is 3. The fourth-order valence-corrected chi connectivity index (χ4v) is 3.57. The van der Waals surface area contributed by atoms with Crippen molar-refractivity contribution in [2.24, 2.45) is 0 Å². The number of methoxy groups -OCH3 is 1. The molecule has 2 aromatic heterocycles. The third-order valence-corrected chi connectivity index (χ3v) is 5.05. The van der Waals surface area contributed by atoms with Gasteiger partial charge in [-0.2, -0.15) is 0 Å². The van der Waals surface area contributed by atoms with Crippen LogP contribution >= 0.6 is 11.6 Å². The van der Waals surface area contributed by atoms with Gasteiger partial charge in [-0.15, -0.1) is 0 Å². The van der Waals surface area contributed by atoms with Crippen LogP contribution in [-0.4, -0.2) is 41.1 Å². The molecule has 0 atom stereocenters. The molecule has 1 spiro atoms. The zero-order valence-electron chi connectivity index (χ0n) is 13.5. The van der Waals surface area contributed by atoms with E-state index in [0.29, 0.717) is 22.7 Å². The first-order valence-electron chi connectivity index (χ1n) is 7.66. The number of ether oxygens (including phenoxy) is 1. The Hall–Kier alpha value is -2.67. The molecule has 3 heterocycles. The van der Waals surface area contributed by atoms with Crippen molar-refractivity contribution in [2.45, 2.75) is 18.3 Å². The van der Waals surface area contributed by atoms with Gasteiger partial charge in [0.25, 0.3) is 0 Å². The number of likely N-dealkylation sites (N-methyl/N-ethyl adjacent to an activating group) is 1. The molecule has 0 bridgehead atoms. The number of carboxylic acid groups (broad SMARTS) is 1. The molecule has 1 amide bonds. The summed E-state index contributed by atoms with van der Waals surface area (Å²) in [6.45, 7) is 0. The first kappa shape index (κ1) is 15.8. The van der Waals surface area contributed by atoms with E-state index in [-0.39, 0.29) is 16.8 Å². The van der Waals surface area contributed by atoms with Crippen molar-refractivity contribution >= 4 is 29.3 Å². The van der Waals surface area contributed by atoms with Gasteiger partial charge in [0.1, 0.15) is 16.7 Å². The summed E-state index contributed by atoms with van der Waals surface area (Å²) >= 11 is 5.99. The minimum absolute atomic E-state index is 0.0387. The van der Waals surface area contributed by atoms with Crippen molar-refractivity contribution in [1.29, 1.82) is 0 Å². The van der Waals surface area contributed by atoms with Crippen LogP contribution in [0.15, 0.2) is 18.3 Å². The quantitative estimate of drug-likeness (QED) is 0.846. The van der Waals surface area contributed by atoms with E-state index < -0.39 is 11.4 Å². The SMILES string of the molecule is COc1cnc(Cl)cc1-c1cc2c(nc1C(=O)O)N(C)C(=O)C21CC1. The first-order valence-corrected chi connectivity index (χ1v) is 8.04. The van der Waals surface area contributed by atoms with Crippen LogP contribution in [0.5, 0.6) is 5.75 Å².